The summed E-state index contributed by atoms with van der Waals surface area (Å²) in [6.45, 7) is 14.1. The normalized spacial score (nSPS) is 11.9. The van der Waals surface area contributed by atoms with Gasteiger partial charge in [0, 0.05) is 19.7 Å². The molecule has 0 aliphatic heterocycles. The number of hydrogen-bond donors (Lipinski definition) is 0. The van der Waals surface area contributed by atoms with Gasteiger partial charge in [-0.15, -0.1) is 6.58 Å². The summed E-state index contributed by atoms with van der Waals surface area (Å²) in [5, 5.41) is 0. The van der Waals surface area contributed by atoms with E-state index in [1.807, 2.05) is 13.8 Å². The van der Waals surface area contributed by atoms with Gasteiger partial charge in [-0.3, -0.25) is 0 Å². The molecule has 1 atom stereocenters. The molecule has 0 aromatic heterocycles. The Bertz CT molecular complexity index is 145. The third-order valence-corrected chi connectivity index (χ3v) is 2.39. The van der Waals surface area contributed by atoms with Crippen molar-refractivity contribution in [1.82, 2.24) is 4.90 Å². The monoisotopic (exact) mass is 215 g/mol. The fourth-order valence-corrected chi connectivity index (χ4v) is 1.13. The molecule has 0 aromatic carbocycles. The van der Waals surface area contributed by atoms with E-state index < -0.39 is 0 Å². The molecule has 0 fully saturated rings. The first-order chi connectivity index (χ1) is 7.07. The van der Waals surface area contributed by atoms with Crippen molar-refractivity contribution in [2.24, 2.45) is 0 Å². The van der Waals surface area contributed by atoms with E-state index in [2.05, 4.69) is 32.4 Å². The molecule has 0 saturated heterocycles. The standard InChI is InChI=1S/C11H23NO.C2H6/c1-10(2)6-7-11(3)12(4)8-9-13-5;1-2/h11H,1,6-9H2,2-5H3;1-2H3. The van der Waals surface area contributed by atoms with Crippen LogP contribution >= 0.6 is 0 Å². The van der Waals surface area contributed by atoms with E-state index in [4.69, 9.17) is 4.74 Å². The highest BCUT2D eigenvalue weighted by Gasteiger charge is 2.07. The molecule has 0 spiro atoms. The molecular formula is C13H29NO. The van der Waals surface area contributed by atoms with Crippen LogP contribution < -0.4 is 0 Å². The molecule has 0 amide bonds. The van der Waals surface area contributed by atoms with E-state index >= 15 is 0 Å². The first kappa shape index (κ1) is 17.1. The average molecular weight is 215 g/mol. The Hall–Kier alpha value is -0.340. The van der Waals surface area contributed by atoms with E-state index in [1.54, 1.807) is 7.11 Å². The fourth-order valence-electron chi connectivity index (χ4n) is 1.13. The van der Waals surface area contributed by atoms with Gasteiger partial charge in [-0.25, -0.2) is 0 Å². The highest BCUT2D eigenvalue weighted by molar-refractivity contribution is 4.88. The van der Waals surface area contributed by atoms with Gasteiger partial charge in [0.15, 0.2) is 0 Å². The Morgan fingerprint density at radius 2 is 1.93 bits per heavy atom. The number of methoxy groups -OCH3 is 1. The van der Waals surface area contributed by atoms with Gasteiger partial charge in [0.1, 0.15) is 0 Å². The van der Waals surface area contributed by atoms with Crippen molar-refractivity contribution in [2.75, 3.05) is 27.3 Å². The van der Waals surface area contributed by atoms with Gasteiger partial charge in [0.05, 0.1) is 6.61 Å². The molecule has 1 unspecified atom stereocenters. The molecule has 0 aliphatic carbocycles. The van der Waals surface area contributed by atoms with Crippen LogP contribution in [0.15, 0.2) is 12.2 Å². The first-order valence-corrected chi connectivity index (χ1v) is 5.91. The maximum Gasteiger partial charge on any atom is 0.0589 e. The maximum atomic E-state index is 5.03. The molecule has 92 valence electrons. The van der Waals surface area contributed by atoms with Crippen LogP contribution in [0.4, 0.5) is 0 Å². The number of hydrogen-bond acceptors (Lipinski definition) is 2. The van der Waals surface area contributed by atoms with E-state index in [1.165, 1.54) is 12.0 Å². The van der Waals surface area contributed by atoms with Crippen molar-refractivity contribution in [3.05, 3.63) is 12.2 Å². The fraction of sp³-hybridized carbons (Fsp3) is 0.846. The lowest BCUT2D eigenvalue weighted by Crippen LogP contribution is -2.31. The largest absolute Gasteiger partial charge is 0.383 e. The number of rotatable bonds is 7. The van der Waals surface area contributed by atoms with Gasteiger partial charge >= 0.3 is 0 Å². The van der Waals surface area contributed by atoms with Crippen LogP contribution in [0, 0.1) is 0 Å². The number of ether oxygens (including phenoxy) is 1. The number of likely N-dealkylation sites (N-methyl/N-ethyl adjacent to an activating group) is 1. The van der Waals surface area contributed by atoms with Crippen LogP contribution in [-0.2, 0) is 4.74 Å². The molecule has 0 N–H and O–H groups in total. The van der Waals surface area contributed by atoms with Crippen LogP contribution in [-0.4, -0.2) is 38.3 Å². The minimum Gasteiger partial charge on any atom is -0.383 e. The highest BCUT2D eigenvalue weighted by Crippen LogP contribution is 2.08. The molecule has 0 aliphatic rings. The predicted molar refractivity (Wildman–Crippen MR) is 69.4 cm³/mol. The SMILES string of the molecule is C=C(C)CCC(C)N(C)CCOC.CC. The Morgan fingerprint density at radius 1 is 1.40 bits per heavy atom. The molecule has 0 saturated carbocycles. The lowest BCUT2D eigenvalue weighted by atomic mass is 10.1. The second kappa shape index (κ2) is 11.7. The lowest BCUT2D eigenvalue weighted by molar-refractivity contribution is 0.140. The second-order valence-corrected chi connectivity index (χ2v) is 3.82. The van der Waals surface area contributed by atoms with Crippen molar-refractivity contribution in [3.8, 4) is 0 Å². The third-order valence-electron chi connectivity index (χ3n) is 2.39. The Balaban J connectivity index is 0. The third kappa shape index (κ3) is 11.6. The van der Waals surface area contributed by atoms with Gasteiger partial charge in [0.2, 0.25) is 0 Å². The van der Waals surface area contributed by atoms with Crippen molar-refractivity contribution in [3.63, 3.8) is 0 Å². The summed E-state index contributed by atoms with van der Waals surface area (Å²) in [5.41, 5.74) is 1.27. The van der Waals surface area contributed by atoms with Gasteiger partial charge in [-0.2, -0.15) is 0 Å². The smallest absolute Gasteiger partial charge is 0.0589 e. The van der Waals surface area contributed by atoms with Crippen LogP contribution in [0.2, 0.25) is 0 Å². The summed E-state index contributed by atoms with van der Waals surface area (Å²) in [6, 6.07) is 0.617. The highest BCUT2D eigenvalue weighted by atomic mass is 16.5. The molecule has 2 nitrogen and oxygen atoms in total. The summed E-state index contributed by atoms with van der Waals surface area (Å²) in [7, 11) is 3.88. The van der Waals surface area contributed by atoms with Crippen molar-refractivity contribution >= 4 is 0 Å². The minimum atomic E-state index is 0.617. The molecule has 2 heteroatoms. The zero-order valence-corrected chi connectivity index (χ0v) is 11.5. The molecule has 0 heterocycles. The maximum absolute atomic E-state index is 5.03. The van der Waals surface area contributed by atoms with Crippen molar-refractivity contribution in [2.45, 2.75) is 46.6 Å². The minimum absolute atomic E-state index is 0.617. The molecule has 0 bridgehead atoms. The van der Waals surface area contributed by atoms with E-state index in [0.29, 0.717) is 6.04 Å². The summed E-state index contributed by atoms with van der Waals surface area (Å²) in [6.07, 6.45) is 2.31. The number of allylic oxidation sites excluding steroid dienone is 1. The molecule has 0 radical (unpaired) electrons. The van der Waals surface area contributed by atoms with E-state index in [0.717, 1.165) is 19.6 Å². The van der Waals surface area contributed by atoms with Crippen LogP contribution in [0.1, 0.15) is 40.5 Å². The second-order valence-electron chi connectivity index (χ2n) is 3.82. The van der Waals surface area contributed by atoms with Crippen LogP contribution in [0.5, 0.6) is 0 Å². The summed E-state index contributed by atoms with van der Waals surface area (Å²) in [4.78, 5) is 2.33. The summed E-state index contributed by atoms with van der Waals surface area (Å²) in [5.74, 6) is 0. The van der Waals surface area contributed by atoms with E-state index in [9.17, 15) is 0 Å². The van der Waals surface area contributed by atoms with Gasteiger partial charge in [0.25, 0.3) is 0 Å². The van der Waals surface area contributed by atoms with Crippen LogP contribution in [0.3, 0.4) is 0 Å². The molecular weight excluding hydrogens is 186 g/mol. The quantitative estimate of drug-likeness (QED) is 0.604. The predicted octanol–water partition coefficient (Wildman–Crippen LogP) is 3.34. The summed E-state index contributed by atoms with van der Waals surface area (Å²) < 4.78 is 5.03. The topological polar surface area (TPSA) is 12.5 Å². The molecule has 15 heavy (non-hydrogen) atoms. The Kier molecular flexibility index (Phi) is 13.4. The Morgan fingerprint density at radius 3 is 2.33 bits per heavy atom. The van der Waals surface area contributed by atoms with Gasteiger partial charge in [-0.05, 0) is 33.7 Å². The lowest BCUT2D eigenvalue weighted by Gasteiger charge is -2.24. The van der Waals surface area contributed by atoms with E-state index in [-0.39, 0.29) is 0 Å². The number of nitrogens with zero attached hydrogens (tertiary/aromatic N) is 1. The van der Waals surface area contributed by atoms with Crippen LogP contribution in [0.25, 0.3) is 0 Å². The van der Waals surface area contributed by atoms with Crippen molar-refractivity contribution in [1.29, 1.82) is 0 Å². The van der Waals surface area contributed by atoms with Gasteiger partial charge in [-0.1, -0.05) is 19.4 Å². The zero-order valence-electron chi connectivity index (χ0n) is 11.5. The van der Waals surface area contributed by atoms with Crippen molar-refractivity contribution < 1.29 is 4.74 Å². The molecule has 0 aromatic rings. The molecule has 0 rings (SSSR count). The zero-order chi connectivity index (χ0) is 12.3. The van der Waals surface area contributed by atoms with Gasteiger partial charge < -0.3 is 9.64 Å². The Labute approximate surface area is 96.3 Å². The first-order valence-electron chi connectivity index (χ1n) is 5.91. The average Bonchev–Trinajstić information content (AvgIpc) is 2.25. The summed E-state index contributed by atoms with van der Waals surface area (Å²) >= 11 is 0.